The Hall–Kier alpha value is -1.07. The summed E-state index contributed by atoms with van der Waals surface area (Å²) in [6.45, 7) is 3.54. The monoisotopic (exact) mass is 244 g/mol. The van der Waals surface area contributed by atoms with E-state index in [9.17, 15) is 8.42 Å². The number of fused-ring (bicyclic) bond motifs is 1. The van der Waals surface area contributed by atoms with Gasteiger partial charge in [0, 0.05) is 0 Å². The highest BCUT2D eigenvalue weighted by molar-refractivity contribution is 7.90. The minimum atomic E-state index is -3.65. The standard InChI is InChI=1S/C9H9ClN2O2S/c1-5-3-4-6(2)8-7(5)11-9(10)12-15(8,13)14/h3-4H,1-2H3,(H,11,12). The molecular weight excluding hydrogens is 236 g/mol. The molecule has 0 aromatic heterocycles. The minimum Gasteiger partial charge on any atom is -0.328 e. The highest BCUT2D eigenvalue weighted by Crippen LogP contribution is 2.33. The van der Waals surface area contributed by atoms with Crippen LogP contribution < -0.4 is 5.32 Å². The molecule has 1 aromatic rings. The first-order chi connectivity index (χ1) is 6.92. The van der Waals surface area contributed by atoms with Gasteiger partial charge in [0.2, 0.25) is 5.29 Å². The molecule has 1 aromatic carbocycles. The number of amidine groups is 1. The van der Waals surface area contributed by atoms with Crippen LogP contribution >= 0.6 is 11.6 Å². The first kappa shape index (κ1) is 10.4. The lowest BCUT2D eigenvalue weighted by Gasteiger charge is -2.18. The van der Waals surface area contributed by atoms with E-state index in [1.54, 1.807) is 13.0 Å². The molecule has 4 nitrogen and oxygen atoms in total. The highest BCUT2D eigenvalue weighted by atomic mass is 35.5. The molecule has 1 aliphatic heterocycles. The van der Waals surface area contributed by atoms with Gasteiger partial charge in [0.1, 0.15) is 4.90 Å². The van der Waals surface area contributed by atoms with Gasteiger partial charge in [-0.2, -0.15) is 8.42 Å². The van der Waals surface area contributed by atoms with Crippen LogP contribution in [0, 0.1) is 13.8 Å². The van der Waals surface area contributed by atoms with Crippen LogP contribution in [0.3, 0.4) is 0 Å². The molecule has 1 N–H and O–H groups in total. The van der Waals surface area contributed by atoms with E-state index >= 15 is 0 Å². The van der Waals surface area contributed by atoms with Crippen molar-refractivity contribution in [2.24, 2.45) is 4.40 Å². The van der Waals surface area contributed by atoms with E-state index < -0.39 is 10.0 Å². The molecule has 0 spiro atoms. The van der Waals surface area contributed by atoms with Crippen LogP contribution in [0.5, 0.6) is 0 Å². The molecule has 0 saturated carbocycles. The summed E-state index contributed by atoms with van der Waals surface area (Å²) in [6.07, 6.45) is 0. The van der Waals surface area contributed by atoms with Crippen molar-refractivity contribution in [3.63, 3.8) is 0 Å². The van der Waals surface area contributed by atoms with Crippen LogP contribution in [-0.2, 0) is 10.0 Å². The lowest BCUT2D eigenvalue weighted by atomic mass is 10.1. The molecule has 6 heteroatoms. The Bertz CT molecular complexity index is 564. The summed E-state index contributed by atoms with van der Waals surface area (Å²) in [5.41, 5.74) is 2.01. The second-order valence-electron chi connectivity index (χ2n) is 3.39. The molecule has 2 rings (SSSR count). The van der Waals surface area contributed by atoms with Crippen molar-refractivity contribution in [3.05, 3.63) is 23.3 Å². The molecule has 0 aliphatic carbocycles. The molecule has 0 bridgehead atoms. The van der Waals surface area contributed by atoms with Gasteiger partial charge in [-0.3, -0.25) is 0 Å². The number of sulfonamides is 1. The third kappa shape index (κ3) is 1.61. The largest absolute Gasteiger partial charge is 0.328 e. The second-order valence-corrected chi connectivity index (χ2v) is 5.28. The number of nitrogens with one attached hydrogen (secondary N) is 1. The van der Waals surface area contributed by atoms with Gasteiger partial charge in [-0.15, -0.1) is 4.40 Å². The van der Waals surface area contributed by atoms with Crippen molar-refractivity contribution in [2.45, 2.75) is 18.7 Å². The lowest BCUT2D eigenvalue weighted by Crippen LogP contribution is -2.19. The lowest BCUT2D eigenvalue weighted by molar-refractivity contribution is 0.597. The van der Waals surface area contributed by atoms with Crippen LogP contribution in [0.25, 0.3) is 0 Å². The van der Waals surface area contributed by atoms with Crippen molar-refractivity contribution < 1.29 is 8.42 Å². The molecule has 0 atom stereocenters. The molecule has 0 saturated heterocycles. The van der Waals surface area contributed by atoms with Gasteiger partial charge >= 0.3 is 0 Å². The topological polar surface area (TPSA) is 58.5 Å². The maximum atomic E-state index is 11.7. The molecule has 15 heavy (non-hydrogen) atoms. The Kier molecular flexibility index (Phi) is 2.24. The Balaban J connectivity index is 2.85. The van der Waals surface area contributed by atoms with Gasteiger partial charge in [0.15, 0.2) is 0 Å². The maximum absolute atomic E-state index is 11.7. The summed E-state index contributed by atoms with van der Waals surface area (Å²) in [5.74, 6) is 0. The van der Waals surface area contributed by atoms with Crippen LogP contribution in [0.2, 0.25) is 0 Å². The van der Waals surface area contributed by atoms with Crippen molar-refractivity contribution >= 4 is 32.6 Å². The molecule has 1 heterocycles. The van der Waals surface area contributed by atoms with E-state index in [1.807, 2.05) is 13.0 Å². The predicted molar refractivity (Wildman–Crippen MR) is 60.0 cm³/mol. The van der Waals surface area contributed by atoms with E-state index in [4.69, 9.17) is 11.6 Å². The number of anilines is 1. The quantitative estimate of drug-likeness (QED) is 0.711. The maximum Gasteiger partial charge on any atom is 0.287 e. The van der Waals surface area contributed by atoms with Crippen molar-refractivity contribution in [3.8, 4) is 0 Å². The first-order valence-electron chi connectivity index (χ1n) is 4.29. The number of nitrogens with zero attached hydrogens (tertiary/aromatic N) is 1. The number of benzene rings is 1. The fourth-order valence-corrected chi connectivity index (χ4v) is 3.21. The van der Waals surface area contributed by atoms with Crippen LogP contribution in [0.15, 0.2) is 21.4 Å². The smallest absolute Gasteiger partial charge is 0.287 e. The summed E-state index contributed by atoms with van der Waals surface area (Å²) in [6, 6.07) is 3.59. The van der Waals surface area contributed by atoms with Gasteiger partial charge in [0.05, 0.1) is 5.69 Å². The van der Waals surface area contributed by atoms with E-state index in [1.165, 1.54) is 0 Å². The molecule has 0 radical (unpaired) electrons. The average Bonchev–Trinajstić information content (AvgIpc) is 2.09. The third-order valence-corrected chi connectivity index (χ3v) is 3.99. The van der Waals surface area contributed by atoms with E-state index in [0.29, 0.717) is 11.3 Å². The normalized spacial score (nSPS) is 17.7. The Morgan fingerprint density at radius 1 is 1.27 bits per heavy atom. The molecule has 1 aliphatic rings. The van der Waals surface area contributed by atoms with E-state index in [0.717, 1.165) is 5.56 Å². The average molecular weight is 245 g/mol. The van der Waals surface area contributed by atoms with Crippen molar-refractivity contribution in [2.75, 3.05) is 5.32 Å². The van der Waals surface area contributed by atoms with E-state index in [2.05, 4.69) is 9.71 Å². The summed E-state index contributed by atoms with van der Waals surface area (Å²) >= 11 is 5.61. The first-order valence-corrected chi connectivity index (χ1v) is 6.11. The summed E-state index contributed by atoms with van der Waals surface area (Å²) in [7, 11) is -3.65. The van der Waals surface area contributed by atoms with Gasteiger partial charge in [0.25, 0.3) is 10.0 Å². The number of aryl methyl sites for hydroxylation is 2. The third-order valence-electron chi connectivity index (χ3n) is 2.25. The zero-order valence-electron chi connectivity index (χ0n) is 8.20. The Morgan fingerprint density at radius 2 is 1.87 bits per heavy atom. The number of rotatable bonds is 0. The fraction of sp³-hybridized carbons (Fsp3) is 0.222. The summed E-state index contributed by atoms with van der Waals surface area (Å²) in [5, 5.41) is 2.65. The second kappa shape index (κ2) is 3.21. The SMILES string of the molecule is Cc1ccc(C)c2c1NC(Cl)=NS2(=O)=O. The Morgan fingerprint density at radius 3 is 2.53 bits per heavy atom. The highest BCUT2D eigenvalue weighted by Gasteiger charge is 2.27. The van der Waals surface area contributed by atoms with Crippen LogP contribution in [0.4, 0.5) is 5.69 Å². The molecule has 80 valence electrons. The zero-order chi connectivity index (χ0) is 11.2. The molecule has 0 amide bonds. The van der Waals surface area contributed by atoms with Gasteiger partial charge in [-0.05, 0) is 36.6 Å². The Labute approximate surface area is 93.0 Å². The number of hydrogen-bond acceptors (Lipinski definition) is 3. The predicted octanol–water partition coefficient (Wildman–Crippen LogP) is 2.01. The van der Waals surface area contributed by atoms with Gasteiger partial charge in [-0.1, -0.05) is 12.1 Å². The van der Waals surface area contributed by atoms with Crippen LogP contribution in [0.1, 0.15) is 11.1 Å². The van der Waals surface area contributed by atoms with Crippen molar-refractivity contribution in [1.29, 1.82) is 0 Å². The molecule has 0 unspecified atom stereocenters. The summed E-state index contributed by atoms with van der Waals surface area (Å²) < 4.78 is 26.9. The summed E-state index contributed by atoms with van der Waals surface area (Å²) in [4.78, 5) is 0.215. The molecular formula is C9H9ClN2O2S. The van der Waals surface area contributed by atoms with Gasteiger partial charge < -0.3 is 5.32 Å². The van der Waals surface area contributed by atoms with Crippen molar-refractivity contribution in [1.82, 2.24) is 0 Å². The number of halogens is 1. The minimum absolute atomic E-state index is 0.115. The molecule has 0 fully saturated rings. The zero-order valence-corrected chi connectivity index (χ0v) is 9.78. The number of hydrogen-bond donors (Lipinski definition) is 1. The van der Waals surface area contributed by atoms with Gasteiger partial charge in [-0.25, -0.2) is 0 Å². The fourth-order valence-electron chi connectivity index (χ4n) is 1.55. The van der Waals surface area contributed by atoms with Crippen LogP contribution in [-0.4, -0.2) is 13.7 Å². The van der Waals surface area contributed by atoms with E-state index in [-0.39, 0.29) is 10.2 Å².